The number of thioether (sulfide) groups is 1. The molecule has 0 spiro atoms. The van der Waals surface area contributed by atoms with Crippen LogP contribution in [-0.4, -0.2) is 21.6 Å². The number of hydrogen-bond acceptors (Lipinski definition) is 6. The predicted molar refractivity (Wildman–Crippen MR) is 117 cm³/mol. The Hall–Kier alpha value is -1.39. The number of nitrogens with zero attached hydrogens (tertiary/aromatic N) is 2. The summed E-state index contributed by atoms with van der Waals surface area (Å²) in [6.45, 7) is 0. The van der Waals surface area contributed by atoms with Gasteiger partial charge in [0.2, 0.25) is 5.91 Å². The van der Waals surface area contributed by atoms with Crippen LogP contribution in [0.1, 0.15) is 23.3 Å². The second kappa shape index (κ2) is 7.69. The highest BCUT2D eigenvalue weighted by Gasteiger charge is 2.20. The van der Waals surface area contributed by atoms with Crippen molar-refractivity contribution in [1.82, 2.24) is 9.97 Å². The van der Waals surface area contributed by atoms with Crippen LogP contribution >= 0.6 is 45.7 Å². The highest BCUT2D eigenvalue weighted by atomic mass is 127. The maximum Gasteiger partial charge on any atom is 0.234 e. The lowest BCUT2D eigenvalue weighted by atomic mass is 9.97. The zero-order valence-corrected chi connectivity index (χ0v) is 17.7. The van der Waals surface area contributed by atoms with E-state index in [-0.39, 0.29) is 11.7 Å². The Balaban J connectivity index is 1.49. The molecule has 5 nitrogen and oxygen atoms in total. The molecule has 0 atom stereocenters. The quantitative estimate of drug-likeness (QED) is 0.316. The number of para-hydroxylation sites is 1. The molecule has 3 N–H and O–H groups in total. The number of aryl methyl sites for hydroxylation is 2. The number of nitrogens with two attached hydrogens (primary N) is 1. The third-order valence-electron chi connectivity index (χ3n) is 4.30. The number of fused-ring (bicyclic) bond motifs is 3. The van der Waals surface area contributed by atoms with Crippen LogP contribution in [0.4, 0.5) is 11.5 Å². The second-order valence-electron chi connectivity index (χ2n) is 6.10. The number of benzene rings is 1. The van der Waals surface area contributed by atoms with Crippen molar-refractivity contribution in [2.45, 2.75) is 30.8 Å². The van der Waals surface area contributed by atoms with Gasteiger partial charge in [0.25, 0.3) is 0 Å². The van der Waals surface area contributed by atoms with Crippen molar-refractivity contribution in [1.29, 1.82) is 0 Å². The molecule has 0 radical (unpaired) electrons. The number of nitrogens with one attached hydrogen (secondary N) is 1. The van der Waals surface area contributed by atoms with Crippen molar-refractivity contribution >= 4 is 73.3 Å². The summed E-state index contributed by atoms with van der Waals surface area (Å²) in [5.74, 6) is 0.711. The van der Waals surface area contributed by atoms with Crippen molar-refractivity contribution in [3.8, 4) is 0 Å². The SMILES string of the molecule is Nc1nc(SCC(=O)Nc2ccccc2I)nc2sc3c(c12)CCCC3. The molecule has 1 aliphatic rings. The van der Waals surface area contributed by atoms with Crippen LogP contribution in [0.3, 0.4) is 0 Å². The maximum absolute atomic E-state index is 12.2. The summed E-state index contributed by atoms with van der Waals surface area (Å²) in [6.07, 6.45) is 4.60. The van der Waals surface area contributed by atoms with Gasteiger partial charge in [-0.3, -0.25) is 4.79 Å². The molecule has 0 bridgehead atoms. The van der Waals surface area contributed by atoms with Gasteiger partial charge < -0.3 is 11.1 Å². The monoisotopic (exact) mass is 496 g/mol. The standard InChI is InChI=1S/C18H17IN4OS2/c19-11-6-2-3-7-12(11)21-14(24)9-25-18-22-16(20)15-10-5-1-4-8-13(10)26-17(15)23-18/h2-3,6-7H,1,4-5,8-9H2,(H,21,24)(H2,20,22,23). The summed E-state index contributed by atoms with van der Waals surface area (Å²) >= 11 is 5.24. The number of nitrogen functional groups attached to an aromatic ring is 1. The lowest BCUT2D eigenvalue weighted by molar-refractivity contribution is -0.113. The molecule has 3 aromatic rings. The van der Waals surface area contributed by atoms with Crippen molar-refractivity contribution in [2.24, 2.45) is 0 Å². The number of halogens is 1. The van der Waals surface area contributed by atoms with E-state index in [0.29, 0.717) is 11.0 Å². The predicted octanol–water partition coefficient (Wildman–Crippen LogP) is 4.49. The molecule has 1 aliphatic carbocycles. The van der Waals surface area contributed by atoms with E-state index in [4.69, 9.17) is 5.73 Å². The van der Waals surface area contributed by atoms with Crippen LogP contribution in [0.5, 0.6) is 0 Å². The highest BCUT2D eigenvalue weighted by Crippen LogP contribution is 2.38. The largest absolute Gasteiger partial charge is 0.383 e. The van der Waals surface area contributed by atoms with Gasteiger partial charge in [-0.1, -0.05) is 23.9 Å². The molecule has 26 heavy (non-hydrogen) atoms. The number of carbonyl (C=O) groups is 1. The molecular weight excluding hydrogens is 479 g/mol. The van der Waals surface area contributed by atoms with Crippen LogP contribution in [0.15, 0.2) is 29.4 Å². The Kier molecular flexibility index (Phi) is 5.32. The van der Waals surface area contributed by atoms with E-state index in [2.05, 4.69) is 37.9 Å². The van der Waals surface area contributed by atoms with E-state index >= 15 is 0 Å². The lowest BCUT2D eigenvalue weighted by Gasteiger charge is -2.10. The summed E-state index contributed by atoms with van der Waals surface area (Å²) in [6, 6.07) is 7.69. The molecule has 1 amide bonds. The van der Waals surface area contributed by atoms with Gasteiger partial charge in [-0.2, -0.15) is 0 Å². The van der Waals surface area contributed by atoms with Crippen molar-refractivity contribution in [3.63, 3.8) is 0 Å². The van der Waals surface area contributed by atoms with E-state index in [1.165, 1.54) is 35.0 Å². The number of anilines is 2. The highest BCUT2D eigenvalue weighted by molar-refractivity contribution is 14.1. The van der Waals surface area contributed by atoms with Gasteiger partial charge in [0.05, 0.1) is 16.8 Å². The first-order chi connectivity index (χ1) is 12.6. The van der Waals surface area contributed by atoms with Crippen LogP contribution in [0, 0.1) is 3.57 Å². The number of aromatic nitrogens is 2. The first kappa shape index (κ1) is 18.0. The fourth-order valence-electron chi connectivity index (χ4n) is 3.11. The van der Waals surface area contributed by atoms with Crippen LogP contribution in [-0.2, 0) is 17.6 Å². The van der Waals surface area contributed by atoms with E-state index in [9.17, 15) is 4.79 Å². The van der Waals surface area contributed by atoms with E-state index in [1.807, 2.05) is 24.3 Å². The van der Waals surface area contributed by atoms with E-state index in [0.717, 1.165) is 32.3 Å². The van der Waals surface area contributed by atoms with Crippen LogP contribution in [0.2, 0.25) is 0 Å². The molecule has 1 aromatic carbocycles. The van der Waals surface area contributed by atoms with Crippen molar-refractivity contribution in [2.75, 3.05) is 16.8 Å². The van der Waals surface area contributed by atoms with Gasteiger partial charge in [0, 0.05) is 8.45 Å². The molecule has 0 saturated carbocycles. The minimum Gasteiger partial charge on any atom is -0.383 e. The van der Waals surface area contributed by atoms with Crippen molar-refractivity contribution < 1.29 is 4.79 Å². The molecule has 0 aliphatic heterocycles. The molecule has 0 saturated heterocycles. The normalized spacial score (nSPS) is 13.6. The summed E-state index contributed by atoms with van der Waals surface area (Å²) in [5, 5.41) is 4.51. The third kappa shape index (κ3) is 3.67. The molecule has 2 heterocycles. The summed E-state index contributed by atoms with van der Waals surface area (Å²) in [4.78, 5) is 23.6. The summed E-state index contributed by atoms with van der Waals surface area (Å²) in [5.41, 5.74) is 8.37. The van der Waals surface area contributed by atoms with Gasteiger partial charge in [0.1, 0.15) is 10.6 Å². The summed E-state index contributed by atoms with van der Waals surface area (Å²) < 4.78 is 1.01. The van der Waals surface area contributed by atoms with Gasteiger partial charge in [-0.05, 0) is 66.0 Å². The topological polar surface area (TPSA) is 80.9 Å². The number of hydrogen-bond donors (Lipinski definition) is 2. The zero-order chi connectivity index (χ0) is 18.1. The summed E-state index contributed by atoms with van der Waals surface area (Å²) in [7, 11) is 0. The van der Waals surface area contributed by atoms with Gasteiger partial charge in [-0.15, -0.1) is 11.3 Å². The Morgan fingerprint density at radius 1 is 1.27 bits per heavy atom. The first-order valence-corrected chi connectivity index (χ1v) is 11.2. The Labute approximate surface area is 173 Å². The van der Waals surface area contributed by atoms with Gasteiger partial charge >= 0.3 is 0 Å². The number of carbonyl (C=O) groups excluding carboxylic acids is 1. The van der Waals surface area contributed by atoms with E-state index in [1.54, 1.807) is 11.3 Å². The first-order valence-electron chi connectivity index (χ1n) is 8.37. The minimum absolute atomic E-state index is 0.0770. The Bertz CT molecular complexity index is 989. The molecule has 4 rings (SSSR count). The molecular formula is C18H17IN4OS2. The Morgan fingerprint density at radius 2 is 2.08 bits per heavy atom. The van der Waals surface area contributed by atoms with Crippen LogP contribution < -0.4 is 11.1 Å². The fraction of sp³-hybridized carbons (Fsp3) is 0.278. The average Bonchev–Trinajstić information content (AvgIpc) is 3.01. The van der Waals surface area contributed by atoms with E-state index < -0.39 is 0 Å². The number of rotatable bonds is 4. The fourth-order valence-corrected chi connectivity index (χ4v) is 5.61. The minimum atomic E-state index is -0.0770. The molecule has 0 unspecified atom stereocenters. The average molecular weight is 496 g/mol. The molecule has 8 heteroatoms. The molecule has 134 valence electrons. The molecule has 2 aromatic heterocycles. The van der Waals surface area contributed by atoms with Crippen molar-refractivity contribution in [3.05, 3.63) is 38.3 Å². The zero-order valence-electron chi connectivity index (χ0n) is 13.9. The molecule has 0 fully saturated rings. The van der Waals surface area contributed by atoms with Gasteiger partial charge in [-0.25, -0.2) is 9.97 Å². The second-order valence-corrected chi connectivity index (χ2v) is 9.29. The lowest BCUT2D eigenvalue weighted by Crippen LogP contribution is -2.15. The number of amides is 1. The maximum atomic E-state index is 12.2. The number of thiophene rings is 1. The smallest absolute Gasteiger partial charge is 0.234 e. The third-order valence-corrected chi connectivity index (χ3v) is 7.28. The van der Waals surface area contributed by atoms with Gasteiger partial charge in [0.15, 0.2) is 5.16 Å². The Morgan fingerprint density at radius 3 is 2.92 bits per heavy atom. The van der Waals surface area contributed by atoms with Crippen LogP contribution in [0.25, 0.3) is 10.2 Å².